The number of amides is 2. The first-order valence-electron chi connectivity index (χ1n) is 10.2. The summed E-state index contributed by atoms with van der Waals surface area (Å²) in [5, 5.41) is 7.34. The van der Waals surface area contributed by atoms with Gasteiger partial charge in [0.25, 0.3) is 5.91 Å². The van der Waals surface area contributed by atoms with Crippen LogP contribution in [0.2, 0.25) is 0 Å². The molecule has 2 heterocycles. The lowest BCUT2D eigenvalue weighted by molar-refractivity contribution is -0.120. The molecule has 0 fully saturated rings. The van der Waals surface area contributed by atoms with Crippen molar-refractivity contribution < 1.29 is 9.59 Å². The van der Waals surface area contributed by atoms with E-state index in [0.717, 1.165) is 19.4 Å². The van der Waals surface area contributed by atoms with Gasteiger partial charge in [-0.2, -0.15) is 5.10 Å². The number of aryl methyl sites for hydroxylation is 2. The van der Waals surface area contributed by atoms with Crippen molar-refractivity contribution in [3.8, 4) is 0 Å². The van der Waals surface area contributed by atoms with Crippen molar-refractivity contribution in [1.82, 2.24) is 14.7 Å². The fourth-order valence-corrected chi connectivity index (χ4v) is 3.74. The molecule has 1 aliphatic rings. The zero-order valence-corrected chi connectivity index (χ0v) is 18.2. The Morgan fingerprint density at radius 3 is 2.59 bits per heavy atom. The Kier molecular flexibility index (Phi) is 5.80. The molecule has 0 saturated heterocycles. The maximum atomic E-state index is 13.7. The van der Waals surface area contributed by atoms with Crippen LogP contribution in [0.4, 0.5) is 17.1 Å². The first kappa shape index (κ1) is 21.0. The number of benzene rings is 1. The third kappa shape index (κ3) is 4.05. The third-order valence-electron chi connectivity index (χ3n) is 5.33. The minimum absolute atomic E-state index is 0.0719. The van der Waals surface area contributed by atoms with E-state index in [1.165, 1.54) is 0 Å². The highest BCUT2D eigenvalue weighted by molar-refractivity contribution is 6.17. The van der Waals surface area contributed by atoms with E-state index in [1.807, 2.05) is 31.2 Å². The summed E-state index contributed by atoms with van der Waals surface area (Å²) in [6.07, 6.45) is 2.09. The molecule has 2 aromatic rings. The number of carbonyl (C=O) groups is 2. The molecule has 1 aliphatic heterocycles. The van der Waals surface area contributed by atoms with Crippen LogP contribution in [0.25, 0.3) is 0 Å². The van der Waals surface area contributed by atoms with Crippen LogP contribution >= 0.6 is 0 Å². The van der Waals surface area contributed by atoms with Crippen LogP contribution in [0.3, 0.4) is 0 Å². The van der Waals surface area contributed by atoms with Crippen LogP contribution < -0.4 is 10.2 Å². The van der Waals surface area contributed by atoms with E-state index in [9.17, 15) is 9.59 Å². The van der Waals surface area contributed by atoms with Gasteiger partial charge in [-0.05, 0) is 52.8 Å². The van der Waals surface area contributed by atoms with Gasteiger partial charge < -0.3 is 5.32 Å². The summed E-state index contributed by atoms with van der Waals surface area (Å²) < 4.78 is 1.55. The quantitative estimate of drug-likeness (QED) is 0.832. The Labute approximate surface area is 172 Å². The molecule has 7 nitrogen and oxygen atoms in total. The molecule has 0 aliphatic carbocycles. The van der Waals surface area contributed by atoms with E-state index in [4.69, 9.17) is 0 Å². The molecule has 29 heavy (non-hydrogen) atoms. The summed E-state index contributed by atoms with van der Waals surface area (Å²) in [4.78, 5) is 30.4. The number of hydrogen-bond acceptors (Lipinski definition) is 4. The number of anilines is 3. The number of carbonyl (C=O) groups excluding carboxylic acids is 2. The van der Waals surface area contributed by atoms with Crippen LogP contribution in [0, 0.1) is 6.92 Å². The van der Waals surface area contributed by atoms with Crippen molar-refractivity contribution >= 4 is 28.9 Å². The first-order valence-corrected chi connectivity index (χ1v) is 10.2. The Bertz CT molecular complexity index is 926. The average molecular weight is 398 g/mol. The van der Waals surface area contributed by atoms with Gasteiger partial charge in [-0.1, -0.05) is 25.5 Å². The summed E-state index contributed by atoms with van der Waals surface area (Å²) >= 11 is 0. The number of fused-ring (bicyclic) bond motifs is 2. The summed E-state index contributed by atoms with van der Waals surface area (Å²) in [5.41, 5.74) is 2.75. The van der Waals surface area contributed by atoms with Crippen molar-refractivity contribution in [3.63, 3.8) is 0 Å². The SMILES string of the molecule is CCCCN(CC(=O)N1c2ccccc2NC(=O)c2c1c(C)nn2C)C(C)(C)C. The second-order valence-corrected chi connectivity index (χ2v) is 8.55. The van der Waals surface area contributed by atoms with Gasteiger partial charge in [0.05, 0.1) is 23.6 Å². The molecule has 0 radical (unpaired) electrons. The maximum Gasteiger partial charge on any atom is 0.276 e. The fraction of sp³-hybridized carbons (Fsp3) is 0.500. The van der Waals surface area contributed by atoms with Crippen LogP contribution in [-0.4, -0.2) is 45.1 Å². The molecule has 0 unspecified atom stereocenters. The minimum atomic E-state index is -0.260. The molecule has 156 valence electrons. The highest BCUT2D eigenvalue weighted by atomic mass is 16.2. The standard InChI is InChI=1S/C22H31N5O2/c1-7-8-13-26(22(3,4)5)14-18(28)27-17-12-10-9-11-16(17)23-21(29)20-19(27)15(2)24-25(20)6/h9-12H,7-8,13-14H2,1-6H3,(H,23,29). The number of nitrogens with zero attached hydrogens (tertiary/aromatic N) is 4. The highest BCUT2D eigenvalue weighted by Gasteiger charge is 2.35. The van der Waals surface area contributed by atoms with E-state index in [2.05, 4.69) is 43.0 Å². The number of aromatic nitrogens is 2. The summed E-state index contributed by atoms with van der Waals surface area (Å²) in [6.45, 7) is 11.5. The number of hydrogen-bond donors (Lipinski definition) is 1. The molecule has 2 amide bonds. The molecule has 3 rings (SSSR count). The highest BCUT2D eigenvalue weighted by Crippen LogP contribution is 2.39. The topological polar surface area (TPSA) is 70.5 Å². The predicted octanol–water partition coefficient (Wildman–Crippen LogP) is 3.86. The molecule has 7 heteroatoms. The largest absolute Gasteiger partial charge is 0.319 e. The third-order valence-corrected chi connectivity index (χ3v) is 5.33. The number of nitrogens with one attached hydrogen (secondary N) is 1. The van der Waals surface area contributed by atoms with Crippen LogP contribution in [-0.2, 0) is 11.8 Å². The van der Waals surface area contributed by atoms with E-state index in [0.29, 0.717) is 28.5 Å². The second kappa shape index (κ2) is 7.99. The normalized spacial score (nSPS) is 13.8. The zero-order valence-electron chi connectivity index (χ0n) is 18.2. The van der Waals surface area contributed by atoms with Gasteiger partial charge >= 0.3 is 0 Å². The number of unbranched alkanes of at least 4 members (excludes halogenated alkanes) is 1. The number of rotatable bonds is 5. The van der Waals surface area contributed by atoms with Crippen molar-refractivity contribution in [3.05, 3.63) is 35.7 Å². The summed E-state index contributed by atoms with van der Waals surface area (Å²) in [6, 6.07) is 7.41. The van der Waals surface area contributed by atoms with E-state index >= 15 is 0 Å². The van der Waals surface area contributed by atoms with Crippen LogP contribution in [0.5, 0.6) is 0 Å². The second-order valence-electron chi connectivity index (χ2n) is 8.55. The van der Waals surface area contributed by atoms with E-state index in [-0.39, 0.29) is 23.9 Å². The van der Waals surface area contributed by atoms with Crippen molar-refractivity contribution in [1.29, 1.82) is 0 Å². The Hall–Kier alpha value is -2.67. The minimum Gasteiger partial charge on any atom is -0.319 e. The van der Waals surface area contributed by atoms with Gasteiger partial charge in [-0.25, -0.2) is 0 Å². The molecule has 0 atom stereocenters. The van der Waals surface area contributed by atoms with Crippen molar-refractivity contribution in [2.45, 2.75) is 53.0 Å². The Balaban J connectivity index is 2.09. The van der Waals surface area contributed by atoms with Crippen LogP contribution in [0.15, 0.2) is 24.3 Å². The van der Waals surface area contributed by atoms with Gasteiger partial charge in [-0.15, -0.1) is 0 Å². The van der Waals surface area contributed by atoms with Gasteiger partial charge in [0, 0.05) is 12.6 Å². The van der Waals surface area contributed by atoms with Crippen molar-refractivity contribution in [2.24, 2.45) is 7.05 Å². The lowest BCUT2D eigenvalue weighted by atomic mass is 10.0. The summed E-state index contributed by atoms with van der Waals surface area (Å²) in [7, 11) is 1.73. The van der Waals surface area contributed by atoms with Gasteiger partial charge in [0.15, 0.2) is 5.69 Å². The lowest BCUT2D eigenvalue weighted by Gasteiger charge is -2.36. The molecule has 1 aromatic carbocycles. The zero-order chi connectivity index (χ0) is 21.3. The molecular weight excluding hydrogens is 366 g/mol. The number of para-hydroxylation sites is 2. The van der Waals surface area contributed by atoms with E-state index in [1.54, 1.807) is 16.6 Å². The summed E-state index contributed by atoms with van der Waals surface area (Å²) in [5.74, 6) is -0.332. The van der Waals surface area contributed by atoms with E-state index < -0.39 is 0 Å². The Morgan fingerprint density at radius 1 is 1.24 bits per heavy atom. The molecule has 0 saturated carbocycles. The predicted molar refractivity (Wildman–Crippen MR) is 116 cm³/mol. The van der Waals surface area contributed by atoms with Gasteiger partial charge in [0.2, 0.25) is 5.91 Å². The van der Waals surface area contributed by atoms with Crippen molar-refractivity contribution in [2.75, 3.05) is 23.3 Å². The van der Waals surface area contributed by atoms with Crippen LogP contribution in [0.1, 0.15) is 56.7 Å². The molecule has 1 N–H and O–H groups in total. The fourth-order valence-electron chi connectivity index (χ4n) is 3.74. The first-order chi connectivity index (χ1) is 13.6. The smallest absolute Gasteiger partial charge is 0.276 e. The molecule has 0 bridgehead atoms. The maximum absolute atomic E-state index is 13.7. The van der Waals surface area contributed by atoms with Gasteiger partial charge in [0.1, 0.15) is 5.69 Å². The molecular formula is C22H31N5O2. The Morgan fingerprint density at radius 2 is 1.93 bits per heavy atom. The monoisotopic (exact) mass is 397 g/mol. The molecule has 0 spiro atoms. The van der Waals surface area contributed by atoms with Gasteiger partial charge in [-0.3, -0.25) is 24.1 Å². The molecule has 1 aromatic heterocycles. The average Bonchev–Trinajstić information content (AvgIpc) is 2.85. The lowest BCUT2D eigenvalue weighted by Crippen LogP contribution is -2.48.